The van der Waals surface area contributed by atoms with Crippen molar-refractivity contribution in [1.29, 1.82) is 0 Å². The number of aromatic hydroxyl groups is 1. The molecule has 5 nitrogen and oxygen atoms in total. The fourth-order valence-electron chi connectivity index (χ4n) is 4.47. The van der Waals surface area contributed by atoms with E-state index in [4.69, 9.17) is 4.42 Å². The molecule has 5 aromatic rings. The van der Waals surface area contributed by atoms with Crippen LogP contribution in [0.1, 0.15) is 29.7 Å². The van der Waals surface area contributed by atoms with Crippen LogP contribution in [0.15, 0.2) is 94.3 Å². The maximum Gasteiger partial charge on any atom is 0.210 e. The van der Waals surface area contributed by atoms with Crippen LogP contribution in [-0.4, -0.2) is 10.1 Å². The van der Waals surface area contributed by atoms with Gasteiger partial charge in [-0.1, -0.05) is 54.6 Å². The van der Waals surface area contributed by atoms with E-state index in [9.17, 15) is 9.90 Å². The largest absolute Gasteiger partial charge is 0.493 e. The minimum atomic E-state index is -0.155. The smallest absolute Gasteiger partial charge is 0.210 e. The van der Waals surface area contributed by atoms with E-state index in [-0.39, 0.29) is 17.4 Å². The van der Waals surface area contributed by atoms with E-state index in [0.717, 1.165) is 33.5 Å². The number of aromatic nitrogens is 1. The second-order valence-corrected chi connectivity index (χ2v) is 8.80. The monoisotopic (exact) mass is 462 g/mol. The van der Waals surface area contributed by atoms with Gasteiger partial charge in [0.05, 0.1) is 11.4 Å². The van der Waals surface area contributed by atoms with Crippen molar-refractivity contribution in [2.24, 2.45) is 0 Å². The molecule has 0 fully saturated rings. The van der Waals surface area contributed by atoms with Crippen molar-refractivity contribution in [3.05, 3.63) is 112 Å². The molecular weight excluding hydrogens is 436 g/mol. The van der Waals surface area contributed by atoms with E-state index in [2.05, 4.69) is 23.3 Å². The van der Waals surface area contributed by atoms with Gasteiger partial charge in [-0.25, -0.2) is 4.98 Å². The Hall–Kier alpha value is -4.38. The zero-order valence-electron chi connectivity index (χ0n) is 19.9. The van der Waals surface area contributed by atoms with Gasteiger partial charge in [-0.3, -0.25) is 4.79 Å². The van der Waals surface area contributed by atoms with Crippen LogP contribution in [0.4, 0.5) is 5.69 Å². The van der Waals surface area contributed by atoms with Crippen molar-refractivity contribution >= 4 is 16.7 Å². The molecule has 2 heterocycles. The molecule has 0 aliphatic carbocycles. The topological polar surface area (TPSA) is 75.4 Å². The zero-order valence-corrected chi connectivity index (χ0v) is 19.9. The fraction of sp³-hybridized carbons (Fsp3) is 0.133. The number of para-hydroxylation sites is 1. The summed E-state index contributed by atoms with van der Waals surface area (Å²) in [7, 11) is 0. The van der Waals surface area contributed by atoms with Gasteiger partial charge in [-0.05, 0) is 44.5 Å². The molecule has 0 saturated heterocycles. The fourth-order valence-corrected chi connectivity index (χ4v) is 4.47. The predicted octanol–water partition coefficient (Wildman–Crippen LogP) is 7.02. The highest BCUT2D eigenvalue weighted by Gasteiger charge is 2.19. The van der Waals surface area contributed by atoms with Crippen LogP contribution in [0.5, 0.6) is 5.88 Å². The molecule has 0 aliphatic rings. The van der Waals surface area contributed by atoms with Crippen LogP contribution >= 0.6 is 0 Å². The van der Waals surface area contributed by atoms with Gasteiger partial charge in [-0.15, -0.1) is 0 Å². The SMILES string of the molecule is Cc1cc(C(C)Nc2ccccc2-c2ccc(O)nc2)c2oc(-c3ccccc3)c(C)c(=O)c2c1. The lowest BCUT2D eigenvalue weighted by Crippen LogP contribution is -2.12. The number of hydrogen-bond acceptors (Lipinski definition) is 5. The van der Waals surface area contributed by atoms with Gasteiger partial charge >= 0.3 is 0 Å². The first-order valence-electron chi connectivity index (χ1n) is 11.6. The molecule has 35 heavy (non-hydrogen) atoms. The van der Waals surface area contributed by atoms with E-state index < -0.39 is 0 Å². The van der Waals surface area contributed by atoms with Gasteiger partial charge < -0.3 is 14.8 Å². The molecule has 0 amide bonds. The third-order valence-corrected chi connectivity index (χ3v) is 6.25. The Kier molecular flexibility index (Phi) is 5.83. The first-order chi connectivity index (χ1) is 16.9. The Balaban J connectivity index is 1.62. The molecular formula is C30H26N2O3. The van der Waals surface area contributed by atoms with Crippen LogP contribution in [0.25, 0.3) is 33.4 Å². The molecule has 0 aliphatic heterocycles. The summed E-state index contributed by atoms with van der Waals surface area (Å²) >= 11 is 0. The molecule has 5 rings (SSSR count). The molecule has 2 N–H and O–H groups in total. The average Bonchev–Trinajstić information content (AvgIpc) is 2.87. The number of aryl methyl sites for hydroxylation is 1. The zero-order chi connectivity index (χ0) is 24.5. The average molecular weight is 463 g/mol. The summed E-state index contributed by atoms with van der Waals surface area (Å²) in [4.78, 5) is 17.4. The van der Waals surface area contributed by atoms with Gasteiger partial charge in [-0.2, -0.15) is 0 Å². The molecule has 1 unspecified atom stereocenters. The summed E-state index contributed by atoms with van der Waals surface area (Å²) in [5.41, 5.74) is 6.73. The Morgan fingerprint density at radius 3 is 2.40 bits per heavy atom. The number of rotatable bonds is 5. The molecule has 0 spiro atoms. The number of fused-ring (bicyclic) bond motifs is 1. The summed E-state index contributed by atoms with van der Waals surface area (Å²) < 4.78 is 6.45. The minimum absolute atomic E-state index is 0.0154. The van der Waals surface area contributed by atoms with E-state index >= 15 is 0 Å². The Morgan fingerprint density at radius 2 is 1.66 bits per heavy atom. The molecule has 5 heteroatoms. The van der Waals surface area contributed by atoms with Crippen molar-refractivity contribution in [2.75, 3.05) is 5.32 Å². The second-order valence-electron chi connectivity index (χ2n) is 8.80. The molecule has 1 atom stereocenters. The minimum Gasteiger partial charge on any atom is -0.493 e. The normalized spacial score (nSPS) is 12.0. The lowest BCUT2D eigenvalue weighted by atomic mass is 9.98. The number of pyridine rings is 1. The Morgan fingerprint density at radius 1 is 0.914 bits per heavy atom. The molecule has 174 valence electrons. The highest BCUT2D eigenvalue weighted by Crippen LogP contribution is 2.34. The molecule has 0 bridgehead atoms. The van der Waals surface area contributed by atoms with E-state index in [1.807, 2.05) is 80.6 Å². The third kappa shape index (κ3) is 4.28. The Bertz CT molecular complexity index is 1570. The van der Waals surface area contributed by atoms with Gasteiger partial charge in [0.1, 0.15) is 11.3 Å². The van der Waals surface area contributed by atoms with Gasteiger partial charge in [0.25, 0.3) is 0 Å². The van der Waals surface area contributed by atoms with Crippen LogP contribution in [0.2, 0.25) is 0 Å². The molecule has 3 aromatic carbocycles. The maximum atomic E-state index is 13.4. The summed E-state index contributed by atoms with van der Waals surface area (Å²) in [6.45, 7) is 5.87. The first kappa shape index (κ1) is 22.4. The van der Waals surface area contributed by atoms with Crippen molar-refractivity contribution in [2.45, 2.75) is 26.8 Å². The molecule has 2 aromatic heterocycles. The van der Waals surface area contributed by atoms with Crippen LogP contribution in [0.3, 0.4) is 0 Å². The number of hydrogen-bond donors (Lipinski definition) is 2. The second kappa shape index (κ2) is 9.11. The quantitative estimate of drug-likeness (QED) is 0.294. The highest BCUT2D eigenvalue weighted by atomic mass is 16.3. The van der Waals surface area contributed by atoms with E-state index in [1.54, 1.807) is 12.3 Å². The maximum absolute atomic E-state index is 13.4. The number of nitrogens with one attached hydrogen (secondary N) is 1. The van der Waals surface area contributed by atoms with Gasteiger partial charge in [0, 0.05) is 45.8 Å². The van der Waals surface area contributed by atoms with Crippen molar-refractivity contribution in [3.63, 3.8) is 0 Å². The number of anilines is 1. The van der Waals surface area contributed by atoms with E-state index in [1.165, 1.54) is 0 Å². The van der Waals surface area contributed by atoms with Crippen molar-refractivity contribution in [3.8, 4) is 28.3 Å². The van der Waals surface area contributed by atoms with E-state index in [0.29, 0.717) is 22.3 Å². The standard InChI is InChI=1S/C30H26N2O3/c1-18-15-24(20(3)32-26-12-8-7-11-23(26)22-13-14-27(33)31-17-22)30-25(16-18)28(34)19(2)29(35-30)21-9-5-4-6-10-21/h4-17,20,32H,1-3H3,(H,31,33). The first-order valence-corrected chi connectivity index (χ1v) is 11.6. The lowest BCUT2D eigenvalue weighted by molar-refractivity contribution is 0.453. The summed E-state index contributed by atoms with van der Waals surface area (Å²) in [5.74, 6) is 0.578. The van der Waals surface area contributed by atoms with Gasteiger partial charge in [0.15, 0.2) is 5.43 Å². The summed E-state index contributed by atoms with van der Waals surface area (Å²) in [6.07, 6.45) is 1.65. The lowest BCUT2D eigenvalue weighted by Gasteiger charge is -2.21. The summed E-state index contributed by atoms with van der Waals surface area (Å²) in [6, 6.07) is 24.9. The Labute approximate surface area is 203 Å². The van der Waals surface area contributed by atoms with Crippen molar-refractivity contribution in [1.82, 2.24) is 4.98 Å². The van der Waals surface area contributed by atoms with Crippen LogP contribution < -0.4 is 10.7 Å². The number of benzene rings is 3. The third-order valence-electron chi connectivity index (χ3n) is 6.25. The van der Waals surface area contributed by atoms with Crippen molar-refractivity contribution < 1.29 is 9.52 Å². The number of nitrogens with zero attached hydrogens (tertiary/aromatic N) is 1. The van der Waals surface area contributed by atoms with Crippen LogP contribution in [0, 0.1) is 13.8 Å². The predicted molar refractivity (Wildman–Crippen MR) is 141 cm³/mol. The molecule has 0 saturated carbocycles. The van der Waals surface area contributed by atoms with Gasteiger partial charge in [0.2, 0.25) is 5.88 Å². The summed E-state index contributed by atoms with van der Waals surface area (Å²) in [5, 5.41) is 13.8. The van der Waals surface area contributed by atoms with Crippen LogP contribution in [-0.2, 0) is 0 Å². The highest BCUT2D eigenvalue weighted by molar-refractivity contribution is 5.85. The molecule has 0 radical (unpaired) electrons.